The Labute approximate surface area is 449 Å². The highest BCUT2D eigenvalue weighted by Gasteiger charge is 2.18. The molecule has 72 heavy (non-hydrogen) atoms. The van der Waals surface area contributed by atoms with Crippen molar-refractivity contribution in [1.29, 1.82) is 0 Å². The highest BCUT2D eigenvalue weighted by Crippen LogP contribution is 2.17. The summed E-state index contributed by atoms with van der Waals surface area (Å²) in [6, 6.07) is -0.629. The molecule has 0 spiro atoms. The Kier molecular flexibility index (Phi) is 60.0. The molecule has 0 heterocycles. The van der Waals surface area contributed by atoms with Gasteiger partial charge in [-0.15, -0.1) is 0 Å². The van der Waals surface area contributed by atoms with Gasteiger partial charge >= 0.3 is 5.97 Å². The zero-order valence-corrected chi connectivity index (χ0v) is 48.4. The van der Waals surface area contributed by atoms with E-state index in [1.165, 1.54) is 276 Å². The zero-order valence-electron chi connectivity index (χ0n) is 48.4. The van der Waals surface area contributed by atoms with Crippen LogP contribution in [0.25, 0.3) is 0 Å². The fourth-order valence-electron chi connectivity index (χ4n) is 9.96. The Morgan fingerprint density at radius 3 is 1.06 bits per heavy atom. The van der Waals surface area contributed by atoms with Crippen molar-refractivity contribution in [3.05, 3.63) is 36.5 Å². The van der Waals surface area contributed by atoms with Crippen molar-refractivity contribution < 1.29 is 24.5 Å². The van der Waals surface area contributed by atoms with Crippen LogP contribution in [0.1, 0.15) is 348 Å². The normalized spacial score (nSPS) is 12.8. The van der Waals surface area contributed by atoms with E-state index >= 15 is 0 Å². The van der Waals surface area contributed by atoms with Crippen molar-refractivity contribution >= 4 is 11.9 Å². The number of hydrogen-bond donors (Lipinski definition) is 3. The first-order chi connectivity index (χ1) is 35.5. The van der Waals surface area contributed by atoms with Crippen LogP contribution in [0.5, 0.6) is 0 Å². The molecule has 1 amide bonds. The van der Waals surface area contributed by atoms with Crippen LogP contribution in [0, 0.1) is 0 Å². The van der Waals surface area contributed by atoms with Gasteiger partial charge in [-0.1, -0.05) is 307 Å². The summed E-state index contributed by atoms with van der Waals surface area (Å²) < 4.78 is 5.49. The fourth-order valence-corrected chi connectivity index (χ4v) is 9.96. The van der Waals surface area contributed by atoms with E-state index in [2.05, 4.69) is 43.5 Å². The number of rotatable bonds is 60. The minimum atomic E-state index is -0.845. The van der Waals surface area contributed by atoms with E-state index in [0.29, 0.717) is 19.4 Å². The van der Waals surface area contributed by atoms with E-state index in [9.17, 15) is 19.8 Å². The van der Waals surface area contributed by atoms with Crippen molar-refractivity contribution in [2.24, 2.45) is 0 Å². The first kappa shape index (κ1) is 70.1. The Bertz CT molecular complexity index is 1170. The van der Waals surface area contributed by atoms with Crippen LogP contribution in [-0.2, 0) is 14.3 Å². The van der Waals surface area contributed by atoms with E-state index in [1.54, 1.807) is 6.08 Å². The molecule has 0 aliphatic rings. The summed E-state index contributed by atoms with van der Waals surface area (Å²) in [5, 5.41) is 23.1. The average Bonchev–Trinajstić information content (AvgIpc) is 3.38. The van der Waals surface area contributed by atoms with Crippen LogP contribution in [-0.4, -0.2) is 47.4 Å². The number of nitrogens with one attached hydrogen (secondary N) is 1. The van der Waals surface area contributed by atoms with Gasteiger partial charge in [0.15, 0.2) is 0 Å². The van der Waals surface area contributed by atoms with E-state index < -0.39 is 12.1 Å². The van der Waals surface area contributed by atoms with Crippen LogP contribution in [0.15, 0.2) is 36.5 Å². The van der Waals surface area contributed by atoms with Gasteiger partial charge in [0.25, 0.3) is 0 Å². The third kappa shape index (κ3) is 57.4. The molecule has 0 aliphatic heterocycles. The Morgan fingerprint density at radius 1 is 0.389 bits per heavy atom. The smallest absolute Gasteiger partial charge is 0.305 e. The molecule has 2 unspecified atom stereocenters. The Hall–Kier alpha value is -1.92. The molecule has 2 atom stereocenters. The molecule has 6 heteroatoms. The molecule has 6 nitrogen and oxygen atoms in total. The molecule has 424 valence electrons. The van der Waals surface area contributed by atoms with Gasteiger partial charge in [-0.3, -0.25) is 9.59 Å². The maximum atomic E-state index is 12.4. The molecule has 0 saturated heterocycles. The number of carbonyl (C=O) groups is 2. The average molecular weight is 1010 g/mol. The molecule has 0 radical (unpaired) electrons. The maximum absolute atomic E-state index is 12.4. The molecular formula is C66H125NO5. The molecular weight excluding hydrogens is 887 g/mol. The third-order valence-electron chi connectivity index (χ3n) is 14.9. The topological polar surface area (TPSA) is 95.9 Å². The van der Waals surface area contributed by atoms with Crippen LogP contribution < -0.4 is 5.32 Å². The van der Waals surface area contributed by atoms with Crippen molar-refractivity contribution in [3.63, 3.8) is 0 Å². The summed E-state index contributed by atoms with van der Waals surface area (Å²) in [7, 11) is 0. The second-order valence-electron chi connectivity index (χ2n) is 22.1. The number of esters is 1. The molecule has 0 saturated carbocycles. The summed E-state index contributed by atoms with van der Waals surface area (Å²) in [5.41, 5.74) is 0. The summed E-state index contributed by atoms with van der Waals surface area (Å²) in [4.78, 5) is 24.5. The molecule has 0 rings (SSSR count). The minimum absolute atomic E-state index is 0.0138. The monoisotopic (exact) mass is 1010 g/mol. The number of aliphatic hydroxyl groups excluding tert-OH is 2. The van der Waals surface area contributed by atoms with Crippen molar-refractivity contribution in [2.75, 3.05) is 13.2 Å². The van der Waals surface area contributed by atoms with Crippen molar-refractivity contribution in [2.45, 2.75) is 360 Å². The van der Waals surface area contributed by atoms with Gasteiger partial charge in [0.2, 0.25) is 5.91 Å². The van der Waals surface area contributed by atoms with E-state index in [1.807, 2.05) is 6.08 Å². The molecule has 0 aliphatic carbocycles. The SMILES string of the molecule is CCCCCCCCCCCC/C=C/C(O)C(CO)NC(=O)CCCCCCCCCCCCC/C=C\C/C=C\CCCCCCCCCCCOC(=O)CCCCCCCCCCCCCCCCCC. The largest absolute Gasteiger partial charge is 0.466 e. The fraction of sp³-hybridized carbons (Fsp3) is 0.879. The lowest BCUT2D eigenvalue weighted by Crippen LogP contribution is -2.45. The first-order valence-electron chi connectivity index (χ1n) is 32.3. The van der Waals surface area contributed by atoms with E-state index in [-0.39, 0.29) is 18.5 Å². The summed E-state index contributed by atoms with van der Waals surface area (Å²) in [6.45, 7) is 4.91. The lowest BCUT2D eigenvalue weighted by atomic mass is 10.0. The first-order valence-corrected chi connectivity index (χ1v) is 32.3. The van der Waals surface area contributed by atoms with Gasteiger partial charge in [0, 0.05) is 12.8 Å². The van der Waals surface area contributed by atoms with Crippen molar-refractivity contribution in [3.8, 4) is 0 Å². The zero-order chi connectivity index (χ0) is 52.2. The van der Waals surface area contributed by atoms with E-state index in [0.717, 1.165) is 44.9 Å². The minimum Gasteiger partial charge on any atom is -0.466 e. The quantitative estimate of drug-likeness (QED) is 0.0320. The van der Waals surface area contributed by atoms with Gasteiger partial charge in [-0.05, 0) is 64.2 Å². The van der Waals surface area contributed by atoms with Crippen molar-refractivity contribution in [1.82, 2.24) is 5.32 Å². The van der Waals surface area contributed by atoms with Crippen LogP contribution in [0.2, 0.25) is 0 Å². The van der Waals surface area contributed by atoms with Gasteiger partial charge < -0.3 is 20.3 Å². The predicted molar refractivity (Wildman–Crippen MR) is 315 cm³/mol. The lowest BCUT2D eigenvalue weighted by Gasteiger charge is -2.20. The number of ether oxygens (including phenoxy) is 1. The second-order valence-corrected chi connectivity index (χ2v) is 22.1. The molecule has 0 aromatic heterocycles. The maximum Gasteiger partial charge on any atom is 0.305 e. The van der Waals surface area contributed by atoms with Gasteiger partial charge in [-0.2, -0.15) is 0 Å². The Morgan fingerprint density at radius 2 is 0.694 bits per heavy atom. The van der Waals surface area contributed by atoms with E-state index in [4.69, 9.17) is 4.74 Å². The number of hydrogen-bond acceptors (Lipinski definition) is 5. The highest BCUT2D eigenvalue weighted by atomic mass is 16.5. The molecule has 3 N–H and O–H groups in total. The highest BCUT2D eigenvalue weighted by molar-refractivity contribution is 5.76. The number of carbonyl (C=O) groups excluding carboxylic acids is 2. The summed E-state index contributed by atoms with van der Waals surface area (Å²) in [5.74, 6) is -0.0574. The molecule has 0 aromatic rings. The van der Waals surface area contributed by atoms with Crippen LogP contribution >= 0.6 is 0 Å². The summed E-state index contributed by atoms with van der Waals surface area (Å²) in [6.07, 6.45) is 77.7. The summed E-state index contributed by atoms with van der Waals surface area (Å²) >= 11 is 0. The third-order valence-corrected chi connectivity index (χ3v) is 14.9. The number of amides is 1. The van der Waals surface area contributed by atoms with Gasteiger partial charge in [0.1, 0.15) is 0 Å². The van der Waals surface area contributed by atoms with Crippen LogP contribution in [0.4, 0.5) is 0 Å². The van der Waals surface area contributed by atoms with Crippen LogP contribution in [0.3, 0.4) is 0 Å². The number of unbranched alkanes of at least 4 members (excludes halogenated alkanes) is 45. The molecule has 0 fully saturated rings. The van der Waals surface area contributed by atoms with Gasteiger partial charge in [0.05, 0.1) is 25.4 Å². The standard InChI is InChI=1S/C66H125NO5/c1-3-5-7-9-11-13-15-17-18-33-36-40-44-48-52-56-60-66(71)72-61-57-53-49-45-41-37-34-31-29-27-25-23-21-19-20-22-24-26-28-30-32-35-39-43-47-51-55-59-65(70)67-63(62-68)64(69)58-54-50-46-42-38-16-14-12-10-8-6-4-2/h19-20,23,25,54,58,63-64,68-69H,3-18,21-22,24,26-53,55-57,59-62H2,1-2H3,(H,67,70)/b20-19-,25-23-,58-54+. The number of allylic oxidation sites excluding steroid dienone is 5. The number of aliphatic hydroxyl groups is 2. The molecule has 0 aromatic carbocycles. The van der Waals surface area contributed by atoms with Gasteiger partial charge in [-0.25, -0.2) is 0 Å². The second kappa shape index (κ2) is 61.6. The Balaban J connectivity index is 3.41. The molecule has 0 bridgehead atoms. The predicted octanol–water partition coefficient (Wildman–Crippen LogP) is 20.4. The lowest BCUT2D eigenvalue weighted by molar-refractivity contribution is -0.143.